The van der Waals surface area contributed by atoms with Crippen LogP contribution in [0.1, 0.15) is 16.7 Å². The number of aryl methyl sites for hydroxylation is 1. The molecule has 1 amide bonds. The van der Waals surface area contributed by atoms with E-state index in [2.05, 4.69) is 39.4 Å². The summed E-state index contributed by atoms with van der Waals surface area (Å²) < 4.78 is 45.6. The van der Waals surface area contributed by atoms with Crippen molar-refractivity contribution >= 4 is 23.0 Å². The first-order chi connectivity index (χ1) is 17.2. The Morgan fingerprint density at radius 3 is 2.53 bits per heavy atom. The van der Waals surface area contributed by atoms with Gasteiger partial charge >= 0.3 is 6.18 Å². The zero-order valence-corrected chi connectivity index (χ0v) is 20.2. The van der Waals surface area contributed by atoms with Crippen LogP contribution < -0.4 is 19.9 Å². The van der Waals surface area contributed by atoms with Gasteiger partial charge in [-0.1, -0.05) is 23.8 Å². The molecule has 0 bridgehead atoms. The number of nitrogens with zero attached hydrogens (tertiary/aromatic N) is 2. The lowest BCUT2D eigenvalue weighted by Gasteiger charge is -2.49. The Labute approximate surface area is 208 Å². The average molecular weight is 496 g/mol. The van der Waals surface area contributed by atoms with Gasteiger partial charge in [0, 0.05) is 42.8 Å². The molecular formula is C28H28F3N3O2. The maximum Gasteiger partial charge on any atom is 0.416 e. The third-order valence-electron chi connectivity index (χ3n) is 7.11. The summed E-state index contributed by atoms with van der Waals surface area (Å²) in [7, 11) is 1.55. The molecule has 188 valence electrons. The van der Waals surface area contributed by atoms with E-state index in [-0.39, 0.29) is 18.4 Å². The first kappa shape index (κ1) is 24.0. The Morgan fingerprint density at radius 1 is 1.03 bits per heavy atom. The largest absolute Gasteiger partial charge is 0.497 e. The van der Waals surface area contributed by atoms with Crippen molar-refractivity contribution < 1.29 is 22.7 Å². The molecule has 0 saturated carbocycles. The summed E-state index contributed by atoms with van der Waals surface area (Å²) in [6.45, 7) is 3.96. The van der Waals surface area contributed by atoms with Crippen LogP contribution in [-0.4, -0.2) is 38.7 Å². The lowest BCUT2D eigenvalue weighted by atomic mass is 9.82. The van der Waals surface area contributed by atoms with E-state index in [9.17, 15) is 18.0 Å². The highest BCUT2D eigenvalue weighted by Gasteiger charge is 2.43. The first-order valence-corrected chi connectivity index (χ1v) is 12.0. The Balaban J connectivity index is 1.48. The number of piperazine rings is 1. The predicted octanol–water partition coefficient (Wildman–Crippen LogP) is 5.53. The molecule has 3 aromatic rings. The summed E-state index contributed by atoms with van der Waals surface area (Å²) in [5, 5.41) is 2.97. The van der Waals surface area contributed by atoms with Gasteiger partial charge in [0.25, 0.3) is 0 Å². The molecule has 2 unspecified atom stereocenters. The lowest BCUT2D eigenvalue weighted by molar-refractivity contribution is -0.137. The fourth-order valence-electron chi connectivity index (χ4n) is 5.23. The van der Waals surface area contributed by atoms with E-state index >= 15 is 0 Å². The van der Waals surface area contributed by atoms with Gasteiger partial charge in [-0.25, -0.2) is 0 Å². The fourth-order valence-corrected chi connectivity index (χ4v) is 5.23. The molecule has 2 aliphatic heterocycles. The number of ether oxygens (including phenoxy) is 1. The molecule has 1 N–H and O–H groups in total. The Kier molecular flexibility index (Phi) is 6.28. The van der Waals surface area contributed by atoms with Gasteiger partial charge in [0.15, 0.2) is 0 Å². The van der Waals surface area contributed by atoms with Crippen LogP contribution in [0.4, 0.5) is 30.2 Å². The van der Waals surface area contributed by atoms with Gasteiger partial charge in [0.1, 0.15) is 5.75 Å². The quantitative estimate of drug-likeness (QED) is 0.517. The van der Waals surface area contributed by atoms with Crippen LogP contribution >= 0.6 is 0 Å². The second-order valence-electron chi connectivity index (χ2n) is 9.42. The summed E-state index contributed by atoms with van der Waals surface area (Å²) in [5.74, 6) is -0.131. The predicted molar refractivity (Wildman–Crippen MR) is 135 cm³/mol. The molecule has 36 heavy (non-hydrogen) atoms. The number of carbonyl (C=O) groups excluding carboxylic acids is 1. The number of amides is 1. The minimum absolute atomic E-state index is 0.185. The minimum Gasteiger partial charge on any atom is -0.497 e. The van der Waals surface area contributed by atoms with E-state index in [0.29, 0.717) is 36.6 Å². The molecule has 0 aromatic heterocycles. The molecule has 0 radical (unpaired) electrons. The van der Waals surface area contributed by atoms with Gasteiger partial charge in [0.05, 0.1) is 24.6 Å². The van der Waals surface area contributed by atoms with E-state index in [0.717, 1.165) is 17.4 Å². The highest BCUT2D eigenvalue weighted by Crippen LogP contribution is 2.40. The van der Waals surface area contributed by atoms with Gasteiger partial charge in [-0.05, 0) is 61.4 Å². The van der Waals surface area contributed by atoms with Crippen LogP contribution in [0.5, 0.6) is 5.75 Å². The molecule has 3 aromatic carbocycles. The van der Waals surface area contributed by atoms with Gasteiger partial charge in [-0.15, -0.1) is 0 Å². The fraction of sp³-hybridized carbons (Fsp3) is 0.321. The minimum atomic E-state index is -4.44. The molecule has 1 saturated heterocycles. The van der Waals surface area contributed by atoms with E-state index < -0.39 is 17.7 Å². The zero-order chi connectivity index (χ0) is 25.4. The van der Waals surface area contributed by atoms with Gasteiger partial charge in [0.2, 0.25) is 5.91 Å². The van der Waals surface area contributed by atoms with Crippen molar-refractivity contribution in [3.63, 3.8) is 0 Å². The van der Waals surface area contributed by atoms with Gasteiger partial charge in [-0.2, -0.15) is 13.2 Å². The Bertz CT molecular complexity index is 1260. The summed E-state index contributed by atoms with van der Waals surface area (Å²) in [5.41, 5.74) is 3.47. The highest BCUT2D eigenvalue weighted by atomic mass is 19.4. The Morgan fingerprint density at radius 2 is 1.81 bits per heavy atom. The SMILES string of the molecule is COc1cccc(NC(=O)C2Cc3cc(C(F)(F)F)ccc3N3CCN(c4ccc(C)cc4)CC23)c1. The van der Waals surface area contributed by atoms with Crippen molar-refractivity contribution in [3.05, 3.63) is 83.4 Å². The monoisotopic (exact) mass is 495 g/mol. The summed E-state index contributed by atoms with van der Waals surface area (Å²) in [6.07, 6.45) is -4.20. The van der Waals surface area contributed by atoms with Crippen molar-refractivity contribution in [1.29, 1.82) is 0 Å². The van der Waals surface area contributed by atoms with Crippen molar-refractivity contribution in [2.24, 2.45) is 5.92 Å². The number of rotatable bonds is 4. The van der Waals surface area contributed by atoms with E-state index in [1.54, 1.807) is 37.4 Å². The van der Waals surface area contributed by atoms with Crippen molar-refractivity contribution in [3.8, 4) is 5.75 Å². The molecule has 5 rings (SSSR count). The number of halogens is 3. The topological polar surface area (TPSA) is 44.8 Å². The molecule has 0 aliphatic carbocycles. The number of nitrogens with one attached hydrogen (secondary N) is 1. The molecule has 2 atom stereocenters. The molecule has 2 heterocycles. The zero-order valence-electron chi connectivity index (χ0n) is 20.2. The first-order valence-electron chi connectivity index (χ1n) is 12.0. The van der Waals surface area contributed by atoms with Crippen LogP contribution in [0.2, 0.25) is 0 Å². The Hall–Kier alpha value is -3.68. The molecule has 0 spiro atoms. The number of hydrogen-bond donors (Lipinski definition) is 1. The summed E-state index contributed by atoms with van der Waals surface area (Å²) in [4.78, 5) is 17.9. The van der Waals surface area contributed by atoms with E-state index in [1.807, 2.05) is 6.92 Å². The smallest absolute Gasteiger partial charge is 0.416 e. The number of methoxy groups -OCH3 is 1. The summed E-state index contributed by atoms with van der Waals surface area (Å²) in [6, 6.07) is 19.0. The molecule has 8 heteroatoms. The normalized spacial score (nSPS) is 19.4. The highest BCUT2D eigenvalue weighted by molar-refractivity contribution is 5.94. The van der Waals surface area contributed by atoms with Crippen LogP contribution in [0.25, 0.3) is 0 Å². The molecular weight excluding hydrogens is 467 g/mol. The van der Waals surface area contributed by atoms with Crippen molar-refractivity contribution in [2.75, 3.05) is 41.9 Å². The maximum absolute atomic E-state index is 13.6. The molecule has 1 fully saturated rings. The lowest BCUT2D eigenvalue weighted by Crippen LogP contribution is -2.60. The van der Waals surface area contributed by atoms with Gasteiger partial charge < -0.3 is 19.9 Å². The third kappa shape index (κ3) is 4.72. The van der Waals surface area contributed by atoms with Crippen molar-refractivity contribution in [2.45, 2.75) is 25.6 Å². The summed E-state index contributed by atoms with van der Waals surface area (Å²) >= 11 is 0. The number of benzene rings is 3. The van der Waals surface area contributed by atoms with E-state index in [1.165, 1.54) is 11.6 Å². The standard InChI is InChI=1S/C28H28F3N3O2/c1-18-6-9-22(10-7-18)33-12-13-34-25-11-8-20(28(29,30)31)14-19(25)15-24(26(34)17-33)27(35)32-21-4-3-5-23(16-21)36-2/h3-11,14,16,24,26H,12-13,15,17H2,1-2H3,(H,32,35). The van der Waals surface area contributed by atoms with Crippen LogP contribution in [-0.2, 0) is 17.4 Å². The maximum atomic E-state index is 13.6. The van der Waals surface area contributed by atoms with Crippen LogP contribution in [0.15, 0.2) is 66.7 Å². The number of carbonyl (C=O) groups is 1. The number of anilines is 3. The molecule has 5 nitrogen and oxygen atoms in total. The number of fused-ring (bicyclic) bond motifs is 3. The van der Waals surface area contributed by atoms with Crippen LogP contribution in [0, 0.1) is 12.8 Å². The van der Waals surface area contributed by atoms with Gasteiger partial charge in [-0.3, -0.25) is 4.79 Å². The van der Waals surface area contributed by atoms with E-state index in [4.69, 9.17) is 4.74 Å². The van der Waals surface area contributed by atoms with Crippen LogP contribution in [0.3, 0.4) is 0 Å². The molecule has 2 aliphatic rings. The second-order valence-corrected chi connectivity index (χ2v) is 9.42. The second kappa shape index (κ2) is 9.41. The third-order valence-corrected chi connectivity index (χ3v) is 7.11. The number of hydrogen-bond acceptors (Lipinski definition) is 4. The average Bonchev–Trinajstić information content (AvgIpc) is 2.87. The number of alkyl halides is 3. The van der Waals surface area contributed by atoms with Crippen molar-refractivity contribution in [1.82, 2.24) is 0 Å².